The molecule has 17 heavy (non-hydrogen) atoms. The standard InChI is InChI=1S/C16H21N/c1-12-14-10-6-7-11-15(14)17-16(12)13-8-4-2-3-5-9-13/h6-7,10-11,13,17H,2-5,8-9H2,1H3. The van der Waals surface area contributed by atoms with Gasteiger partial charge >= 0.3 is 0 Å². The summed E-state index contributed by atoms with van der Waals surface area (Å²) >= 11 is 0. The number of aryl methyl sites for hydroxylation is 1. The smallest absolute Gasteiger partial charge is 0.0458 e. The zero-order valence-electron chi connectivity index (χ0n) is 10.6. The summed E-state index contributed by atoms with van der Waals surface area (Å²) in [7, 11) is 0. The Hall–Kier alpha value is -1.24. The van der Waals surface area contributed by atoms with Crippen LogP contribution in [0.5, 0.6) is 0 Å². The highest BCUT2D eigenvalue weighted by molar-refractivity contribution is 5.84. The monoisotopic (exact) mass is 227 g/mol. The van der Waals surface area contributed by atoms with E-state index in [0.29, 0.717) is 0 Å². The van der Waals surface area contributed by atoms with Crippen molar-refractivity contribution in [1.29, 1.82) is 0 Å². The molecule has 0 spiro atoms. The van der Waals surface area contributed by atoms with Crippen molar-refractivity contribution in [2.45, 2.75) is 51.4 Å². The number of hydrogen-bond acceptors (Lipinski definition) is 0. The van der Waals surface area contributed by atoms with Gasteiger partial charge < -0.3 is 4.98 Å². The van der Waals surface area contributed by atoms with Gasteiger partial charge in [0.2, 0.25) is 0 Å². The van der Waals surface area contributed by atoms with Crippen LogP contribution in [0.2, 0.25) is 0 Å². The van der Waals surface area contributed by atoms with Crippen LogP contribution in [0.3, 0.4) is 0 Å². The first kappa shape index (κ1) is 10.9. The molecule has 1 aliphatic carbocycles. The Kier molecular flexibility index (Phi) is 2.92. The van der Waals surface area contributed by atoms with Crippen molar-refractivity contribution in [2.24, 2.45) is 0 Å². The molecule has 0 unspecified atom stereocenters. The lowest BCUT2D eigenvalue weighted by Crippen LogP contribution is -1.99. The van der Waals surface area contributed by atoms with Gasteiger partial charge in [0.15, 0.2) is 0 Å². The molecule has 90 valence electrons. The molecule has 1 aliphatic rings. The Morgan fingerprint density at radius 2 is 1.71 bits per heavy atom. The molecule has 0 radical (unpaired) electrons. The van der Waals surface area contributed by atoms with E-state index in [4.69, 9.17) is 0 Å². The van der Waals surface area contributed by atoms with Crippen LogP contribution in [0.25, 0.3) is 10.9 Å². The maximum Gasteiger partial charge on any atom is 0.0458 e. The second-order valence-electron chi connectivity index (χ2n) is 5.40. The lowest BCUT2D eigenvalue weighted by atomic mass is 9.94. The van der Waals surface area contributed by atoms with E-state index >= 15 is 0 Å². The molecule has 1 aromatic heterocycles. The molecule has 2 aromatic rings. The SMILES string of the molecule is Cc1c(C2CCCCCC2)[nH]c2ccccc12. The highest BCUT2D eigenvalue weighted by Gasteiger charge is 2.18. The maximum atomic E-state index is 3.66. The third kappa shape index (κ3) is 1.99. The van der Waals surface area contributed by atoms with Crippen LogP contribution in [0.1, 0.15) is 55.7 Å². The Bertz CT molecular complexity index is 501. The first-order valence-electron chi connectivity index (χ1n) is 6.93. The summed E-state index contributed by atoms with van der Waals surface area (Å²) in [6.45, 7) is 2.28. The summed E-state index contributed by atoms with van der Waals surface area (Å²) in [6.07, 6.45) is 8.39. The van der Waals surface area contributed by atoms with Gasteiger partial charge in [-0.1, -0.05) is 43.9 Å². The van der Waals surface area contributed by atoms with Crippen molar-refractivity contribution in [3.8, 4) is 0 Å². The normalized spacial score (nSPS) is 18.4. The molecular formula is C16H21N. The van der Waals surface area contributed by atoms with Gasteiger partial charge in [0.1, 0.15) is 0 Å². The van der Waals surface area contributed by atoms with E-state index in [2.05, 4.69) is 36.2 Å². The molecule has 1 aromatic carbocycles. The van der Waals surface area contributed by atoms with Crippen LogP contribution < -0.4 is 0 Å². The summed E-state index contributed by atoms with van der Waals surface area (Å²) in [5.74, 6) is 0.768. The van der Waals surface area contributed by atoms with Crippen molar-refractivity contribution in [3.05, 3.63) is 35.5 Å². The number of nitrogens with one attached hydrogen (secondary N) is 1. The largest absolute Gasteiger partial charge is 0.358 e. The average Bonchev–Trinajstić information content (AvgIpc) is 2.57. The Balaban J connectivity index is 2.01. The van der Waals surface area contributed by atoms with E-state index < -0.39 is 0 Å². The molecule has 1 nitrogen and oxygen atoms in total. The van der Waals surface area contributed by atoms with Crippen molar-refractivity contribution in [2.75, 3.05) is 0 Å². The van der Waals surface area contributed by atoms with Gasteiger partial charge in [-0.05, 0) is 37.3 Å². The van der Waals surface area contributed by atoms with Crippen LogP contribution in [0, 0.1) is 6.92 Å². The minimum atomic E-state index is 0.768. The highest BCUT2D eigenvalue weighted by atomic mass is 14.7. The van der Waals surface area contributed by atoms with E-state index in [-0.39, 0.29) is 0 Å². The van der Waals surface area contributed by atoms with Gasteiger partial charge in [-0.3, -0.25) is 0 Å². The number of para-hydroxylation sites is 1. The Morgan fingerprint density at radius 1 is 1.00 bits per heavy atom. The first-order chi connectivity index (χ1) is 8.36. The average molecular weight is 227 g/mol. The third-order valence-electron chi connectivity index (χ3n) is 4.27. The maximum absolute atomic E-state index is 3.66. The molecule has 1 fully saturated rings. The molecule has 1 heteroatoms. The molecule has 0 saturated heterocycles. The number of fused-ring (bicyclic) bond motifs is 1. The van der Waals surface area contributed by atoms with Crippen LogP contribution in [0.15, 0.2) is 24.3 Å². The van der Waals surface area contributed by atoms with Gasteiger partial charge in [-0.2, -0.15) is 0 Å². The number of aromatic amines is 1. The third-order valence-corrected chi connectivity index (χ3v) is 4.27. The van der Waals surface area contributed by atoms with E-state index in [0.717, 1.165) is 5.92 Å². The zero-order chi connectivity index (χ0) is 11.7. The topological polar surface area (TPSA) is 15.8 Å². The van der Waals surface area contributed by atoms with E-state index in [1.807, 2.05) is 0 Å². The fraction of sp³-hybridized carbons (Fsp3) is 0.500. The summed E-state index contributed by atoms with van der Waals surface area (Å²) < 4.78 is 0. The molecule has 1 saturated carbocycles. The number of hydrogen-bond donors (Lipinski definition) is 1. The summed E-state index contributed by atoms with van der Waals surface area (Å²) in [5, 5.41) is 1.41. The van der Waals surface area contributed by atoms with Crippen molar-refractivity contribution < 1.29 is 0 Å². The van der Waals surface area contributed by atoms with E-state index in [1.165, 1.54) is 60.7 Å². The van der Waals surface area contributed by atoms with Crippen LogP contribution in [-0.2, 0) is 0 Å². The van der Waals surface area contributed by atoms with Crippen LogP contribution >= 0.6 is 0 Å². The number of aromatic nitrogens is 1. The zero-order valence-corrected chi connectivity index (χ0v) is 10.6. The van der Waals surface area contributed by atoms with Gasteiger partial charge in [-0.25, -0.2) is 0 Å². The molecule has 0 amide bonds. The van der Waals surface area contributed by atoms with Crippen molar-refractivity contribution in [1.82, 2.24) is 4.98 Å². The van der Waals surface area contributed by atoms with Crippen LogP contribution in [0.4, 0.5) is 0 Å². The van der Waals surface area contributed by atoms with Gasteiger partial charge in [0, 0.05) is 16.6 Å². The minimum absolute atomic E-state index is 0.768. The first-order valence-corrected chi connectivity index (χ1v) is 6.93. The summed E-state index contributed by atoms with van der Waals surface area (Å²) in [4.78, 5) is 3.66. The molecule has 1 heterocycles. The van der Waals surface area contributed by atoms with Gasteiger partial charge in [-0.15, -0.1) is 0 Å². The fourth-order valence-corrected chi connectivity index (χ4v) is 3.28. The molecule has 1 N–H and O–H groups in total. The quantitative estimate of drug-likeness (QED) is 0.666. The molecule has 3 rings (SSSR count). The van der Waals surface area contributed by atoms with E-state index in [9.17, 15) is 0 Å². The Morgan fingerprint density at radius 3 is 2.41 bits per heavy atom. The predicted molar refractivity (Wildman–Crippen MR) is 73.5 cm³/mol. The van der Waals surface area contributed by atoms with Crippen LogP contribution in [-0.4, -0.2) is 4.98 Å². The molecule has 0 atom stereocenters. The van der Waals surface area contributed by atoms with E-state index in [1.54, 1.807) is 0 Å². The lowest BCUT2D eigenvalue weighted by Gasteiger charge is -2.13. The van der Waals surface area contributed by atoms with Crippen molar-refractivity contribution >= 4 is 10.9 Å². The second-order valence-corrected chi connectivity index (χ2v) is 5.40. The van der Waals surface area contributed by atoms with Crippen molar-refractivity contribution in [3.63, 3.8) is 0 Å². The number of rotatable bonds is 1. The lowest BCUT2D eigenvalue weighted by molar-refractivity contribution is 0.579. The van der Waals surface area contributed by atoms with Gasteiger partial charge in [0.25, 0.3) is 0 Å². The minimum Gasteiger partial charge on any atom is -0.358 e. The molecule has 0 aliphatic heterocycles. The summed E-state index contributed by atoms with van der Waals surface area (Å²) in [6, 6.07) is 8.69. The summed E-state index contributed by atoms with van der Waals surface area (Å²) in [5.41, 5.74) is 4.30. The number of H-pyrrole nitrogens is 1. The molecule has 0 bridgehead atoms. The second kappa shape index (κ2) is 4.56. The fourth-order valence-electron chi connectivity index (χ4n) is 3.28. The number of benzene rings is 1. The van der Waals surface area contributed by atoms with Gasteiger partial charge in [0.05, 0.1) is 0 Å². The highest BCUT2D eigenvalue weighted by Crippen LogP contribution is 2.35. The predicted octanol–water partition coefficient (Wildman–Crippen LogP) is 4.91. The Labute approximate surface area is 103 Å². The molecular weight excluding hydrogens is 206 g/mol.